The van der Waals surface area contributed by atoms with Crippen molar-refractivity contribution < 1.29 is 9.50 Å². The molecule has 1 N–H and O–H groups in total. The number of benzene rings is 1. The molecule has 2 unspecified atom stereocenters. The number of nitrogens with zero attached hydrogens (tertiary/aromatic N) is 1. The maximum absolute atomic E-state index is 13.5. The molecule has 1 aromatic carbocycles. The molecule has 0 saturated heterocycles. The number of halogens is 1. The quantitative estimate of drug-likeness (QED) is 0.699. The van der Waals surface area contributed by atoms with Crippen LogP contribution in [-0.2, 0) is 6.42 Å². The van der Waals surface area contributed by atoms with E-state index in [1.54, 1.807) is 0 Å². The SMILES string of the molecule is CC1c2ccc(F)c3c2N(CC3)CC1O. The van der Waals surface area contributed by atoms with Gasteiger partial charge in [-0.05, 0) is 18.1 Å². The van der Waals surface area contributed by atoms with Gasteiger partial charge in [-0.3, -0.25) is 0 Å². The maximum Gasteiger partial charge on any atom is 0.128 e. The van der Waals surface area contributed by atoms with Crippen molar-refractivity contribution in [1.82, 2.24) is 0 Å². The molecule has 15 heavy (non-hydrogen) atoms. The van der Waals surface area contributed by atoms with Crippen LogP contribution >= 0.6 is 0 Å². The van der Waals surface area contributed by atoms with E-state index in [4.69, 9.17) is 0 Å². The highest BCUT2D eigenvalue weighted by Gasteiger charge is 2.35. The average Bonchev–Trinajstić information content (AvgIpc) is 2.62. The minimum absolute atomic E-state index is 0.0974. The fourth-order valence-electron chi connectivity index (χ4n) is 2.74. The summed E-state index contributed by atoms with van der Waals surface area (Å²) in [6.07, 6.45) is 0.447. The van der Waals surface area contributed by atoms with Crippen molar-refractivity contribution in [3.05, 3.63) is 29.1 Å². The summed E-state index contributed by atoms with van der Waals surface area (Å²) < 4.78 is 13.5. The van der Waals surface area contributed by atoms with Gasteiger partial charge in [0.25, 0.3) is 0 Å². The van der Waals surface area contributed by atoms with Crippen LogP contribution in [0.25, 0.3) is 0 Å². The van der Waals surface area contributed by atoms with Crippen LogP contribution in [0.4, 0.5) is 10.1 Å². The lowest BCUT2D eigenvalue weighted by Crippen LogP contribution is -2.38. The number of anilines is 1. The average molecular weight is 207 g/mol. The van der Waals surface area contributed by atoms with Crippen LogP contribution < -0.4 is 4.90 Å². The Balaban J connectivity index is 2.22. The Labute approximate surface area is 88.3 Å². The van der Waals surface area contributed by atoms with Gasteiger partial charge in [0.15, 0.2) is 0 Å². The molecule has 2 aliphatic rings. The van der Waals surface area contributed by atoms with Gasteiger partial charge < -0.3 is 10.0 Å². The highest BCUT2D eigenvalue weighted by Crippen LogP contribution is 2.42. The largest absolute Gasteiger partial charge is 0.391 e. The molecular weight excluding hydrogens is 193 g/mol. The van der Waals surface area contributed by atoms with Gasteiger partial charge in [-0.1, -0.05) is 13.0 Å². The zero-order valence-corrected chi connectivity index (χ0v) is 8.70. The predicted molar refractivity (Wildman–Crippen MR) is 56.7 cm³/mol. The van der Waals surface area contributed by atoms with Gasteiger partial charge in [0, 0.05) is 30.3 Å². The molecule has 0 radical (unpaired) electrons. The third kappa shape index (κ3) is 1.13. The number of aliphatic hydroxyl groups excluding tert-OH is 1. The number of hydrogen-bond donors (Lipinski definition) is 1. The molecule has 0 fully saturated rings. The van der Waals surface area contributed by atoms with Crippen molar-refractivity contribution in [2.45, 2.75) is 25.4 Å². The smallest absolute Gasteiger partial charge is 0.128 e. The van der Waals surface area contributed by atoms with Gasteiger partial charge in [0.05, 0.1) is 6.10 Å². The fraction of sp³-hybridized carbons (Fsp3) is 0.500. The number of rotatable bonds is 0. The van der Waals surface area contributed by atoms with Crippen LogP contribution in [0.2, 0.25) is 0 Å². The van der Waals surface area contributed by atoms with E-state index >= 15 is 0 Å². The van der Waals surface area contributed by atoms with Crippen molar-refractivity contribution in [2.24, 2.45) is 0 Å². The first-order valence-corrected chi connectivity index (χ1v) is 5.43. The van der Waals surface area contributed by atoms with Crippen LogP contribution in [0.1, 0.15) is 24.0 Å². The first-order chi connectivity index (χ1) is 7.18. The fourth-order valence-corrected chi connectivity index (χ4v) is 2.74. The van der Waals surface area contributed by atoms with Gasteiger partial charge in [-0.15, -0.1) is 0 Å². The lowest BCUT2D eigenvalue weighted by molar-refractivity contribution is 0.150. The van der Waals surface area contributed by atoms with Crippen molar-refractivity contribution in [3.8, 4) is 0 Å². The third-order valence-electron chi connectivity index (χ3n) is 3.68. The monoisotopic (exact) mass is 207 g/mol. The van der Waals surface area contributed by atoms with Crippen LogP contribution in [0.5, 0.6) is 0 Å². The van der Waals surface area contributed by atoms with Gasteiger partial charge in [-0.2, -0.15) is 0 Å². The standard InChI is InChI=1S/C12H14FNO/c1-7-8-2-3-10(13)9-4-5-14(12(8)9)6-11(7)15/h2-3,7,11,15H,4-6H2,1H3. The maximum atomic E-state index is 13.5. The second-order valence-electron chi connectivity index (χ2n) is 4.52. The minimum Gasteiger partial charge on any atom is -0.391 e. The van der Waals surface area contributed by atoms with E-state index in [1.807, 2.05) is 13.0 Å². The zero-order valence-electron chi connectivity index (χ0n) is 8.70. The lowest BCUT2D eigenvalue weighted by atomic mass is 9.88. The zero-order chi connectivity index (χ0) is 10.6. The number of hydrogen-bond acceptors (Lipinski definition) is 2. The third-order valence-corrected chi connectivity index (χ3v) is 3.68. The molecule has 0 aromatic heterocycles. The van der Waals surface area contributed by atoms with Gasteiger partial charge >= 0.3 is 0 Å². The van der Waals surface area contributed by atoms with Gasteiger partial charge in [0.2, 0.25) is 0 Å². The molecule has 2 heterocycles. The first-order valence-electron chi connectivity index (χ1n) is 5.43. The molecule has 3 rings (SSSR count). The molecule has 0 spiro atoms. The van der Waals surface area contributed by atoms with Crippen molar-refractivity contribution >= 4 is 5.69 Å². The summed E-state index contributed by atoms with van der Waals surface area (Å²) in [6.45, 7) is 3.49. The van der Waals surface area contributed by atoms with Gasteiger partial charge in [-0.25, -0.2) is 4.39 Å². The second kappa shape index (κ2) is 2.95. The van der Waals surface area contributed by atoms with E-state index in [9.17, 15) is 9.50 Å². The summed E-state index contributed by atoms with van der Waals surface area (Å²) >= 11 is 0. The van der Waals surface area contributed by atoms with E-state index in [0.717, 1.165) is 29.8 Å². The van der Waals surface area contributed by atoms with Crippen LogP contribution in [0, 0.1) is 5.82 Å². The molecule has 1 aromatic rings. The summed E-state index contributed by atoms with van der Waals surface area (Å²) in [7, 11) is 0. The minimum atomic E-state index is -0.325. The van der Waals surface area contributed by atoms with Crippen LogP contribution in [0.15, 0.2) is 12.1 Å². The Morgan fingerprint density at radius 1 is 1.47 bits per heavy atom. The normalized spacial score (nSPS) is 28.1. The molecule has 80 valence electrons. The molecule has 3 heteroatoms. The molecule has 2 nitrogen and oxygen atoms in total. The molecule has 2 aliphatic heterocycles. The number of aliphatic hydroxyl groups is 1. The Bertz CT molecular complexity index is 418. The summed E-state index contributed by atoms with van der Waals surface area (Å²) in [5.74, 6) is 0.0218. The van der Waals surface area contributed by atoms with Crippen molar-refractivity contribution in [1.29, 1.82) is 0 Å². The molecular formula is C12H14FNO. The van der Waals surface area contributed by atoms with E-state index in [2.05, 4.69) is 4.90 Å². The molecule has 0 bridgehead atoms. The van der Waals surface area contributed by atoms with Crippen molar-refractivity contribution in [2.75, 3.05) is 18.0 Å². The molecule has 0 amide bonds. The highest BCUT2D eigenvalue weighted by atomic mass is 19.1. The van der Waals surface area contributed by atoms with E-state index in [-0.39, 0.29) is 17.8 Å². The van der Waals surface area contributed by atoms with Crippen LogP contribution in [-0.4, -0.2) is 24.3 Å². The van der Waals surface area contributed by atoms with Crippen molar-refractivity contribution in [3.63, 3.8) is 0 Å². The molecule has 0 saturated carbocycles. The summed E-state index contributed by atoms with van der Waals surface area (Å²) in [4.78, 5) is 2.11. The summed E-state index contributed by atoms with van der Waals surface area (Å²) in [5, 5.41) is 9.88. The van der Waals surface area contributed by atoms with E-state index in [1.165, 1.54) is 6.07 Å². The van der Waals surface area contributed by atoms with Crippen LogP contribution in [0.3, 0.4) is 0 Å². The second-order valence-corrected chi connectivity index (χ2v) is 4.52. The summed E-state index contributed by atoms with van der Waals surface area (Å²) in [6, 6.07) is 3.35. The Hall–Kier alpha value is -1.09. The molecule has 0 aliphatic carbocycles. The first kappa shape index (κ1) is 9.16. The Kier molecular flexibility index (Phi) is 1.80. The predicted octanol–water partition coefficient (Wildman–Crippen LogP) is 1.67. The Morgan fingerprint density at radius 3 is 3.07 bits per heavy atom. The Morgan fingerprint density at radius 2 is 2.27 bits per heavy atom. The topological polar surface area (TPSA) is 23.5 Å². The highest BCUT2D eigenvalue weighted by molar-refractivity contribution is 5.66. The van der Waals surface area contributed by atoms with Gasteiger partial charge in [0.1, 0.15) is 5.82 Å². The summed E-state index contributed by atoms with van der Waals surface area (Å²) in [5.41, 5.74) is 2.99. The molecule has 2 atom stereocenters. The van der Waals surface area contributed by atoms with E-state index < -0.39 is 0 Å². The lowest BCUT2D eigenvalue weighted by Gasteiger charge is -2.35. The van der Waals surface area contributed by atoms with E-state index in [0.29, 0.717) is 6.54 Å².